The van der Waals surface area contributed by atoms with Gasteiger partial charge >= 0.3 is 0 Å². The fraction of sp³-hybridized carbons (Fsp3) is 0.889. The summed E-state index contributed by atoms with van der Waals surface area (Å²) in [5.41, 5.74) is -0.00527. The number of ketones is 1. The molecule has 2 nitrogen and oxygen atoms in total. The highest BCUT2D eigenvalue weighted by atomic mass is 32.1. The highest BCUT2D eigenvalue weighted by molar-refractivity contribution is 7.82. The zero-order chi connectivity index (χ0) is 9.99. The summed E-state index contributed by atoms with van der Waals surface area (Å²) in [5, 5.41) is 3.13. The lowest BCUT2D eigenvalue weighted by atomic mass is 10.1. The van der Waals surface area contributed by atoms with Gasteiger partial charge in [-0.3, -0.25) is 4.79 Å². The normalized spacial score (nSPS) is 13.2. The Morgan fingerprint density at radius 2 is 1.67 bits per heavy atom. The first-order valence-electron chi connectivity index (χ1n) is 4.13. The first-order valence-corrected chi connectivity index (χ1v) is 4.58. The van der Waals surface area contributed by atoms with Gasteiger partial charge in [0.15, 0.2) is 5.78 Å². The molecule has 0 atom stereocenters. The van der Waals surface area contributed by atoms with Crippen LogP contribution in [0.15, 0.2) is 0 Å². The van der Waals surface area contributed by atoms with E-state index in [0.29, 0.717) is 6.54 Å². The number of hydrogen-bond donors (Lipinski definition) is 2. The summed E-state index contributed by atoms with van der Waals surface area (Å²) in [7, 11) is 0. The molecule has 1 N–H and O–H groups in total. The van der Waals surface area contributed by atoms with Gasteiger partial charge in [0.05, 0.1) is 11.3 Å². The molecule has 0 aromatic heterocycles. The van der Waals surface area contributed by atoms with Crippen LogP contribution in [-0.4, -0.2) is 22.6 Å². The zero-order valence-electron chi connectivity index (χ0n) is 8.56. The SMILES string of the molecule is CC(C)(C)NCC(=O)C(C)(C)S. The second-order valence-electron chi connectivity index (χ2n) is 4.59. The molecule has 0 bridgehead atoms. The predicted octanol–water partition coefficient (Wildman–Crippen LogP) is 1.65. The van der Waals surface area contributed by atoms with Crippen LogP contribution in [0.1, 0.15) is 34.6 Å². The van der Waals surface area contributed by atoms with Crippen LogP contribution in [0.25, 0.3) is 0 Å². The highest BCUT2D eigenvalue weighted by Crippen LogP contribution is 2.12. The van der Waals surface area contributed by atoms with E-state index < -0.39 is 4.75 Å². The van der Waals surface area contributed by atoms with Crippen molar-refractivity contribution < 1.29 is 4.79 Å². The van der Waals surface area contributed by atoms with Gasteiger partial charge in [0.1, 0.15) is 0 Å². The molecule has 0 heterocycles. The van der Waals surface area contributed by atoms with Crippen molar-refractivity contribution in [2.24, 2.45) is 0 Å². The van der Waals surface area contributed by atoms with Gasteiger partial charge in [-0.05, 0) is 34.6 Å². The zero-order valence-corrected chi connectivity index (χ0v) is 9.46. The van der Waals surface area contributed by atoms with E-state index in [2.05, 4.69) is 17.9 Å². The number of rotatable bonds is 3. The van der Waals surface area contributed by atoms with Crippen molar-refractivity contribution in [2.45, 2.75) is 44.9 Å². The van der Waals surface area contributed by atoms with Gasteiger partial charge in [-0.15, -0.1) is 0 Å². The third-order valence-corrected chi connectivity index (χ3v) is 1.71. The Hall–Kier alpha value is -0.0200. The first-order chi connectivity index (χ1) is 5.13. The van der Waals surface area contributed by atoms with Crippen molar-refractivity contribution in [3.8, 4) is 0 Å². The quantitative estimate of drug-likeness (QED) is 0.661. The Bertz CT molecular complexity index is 164. The van der Waals surface area contributed by atoms with Crippen LogP contribution >= 0.6 is 12.6 Å². The topological polar surface area (TPSA) is 29.1 Å². The Labute approximate surface area is 80.5 Å². The van der Waals surface area contributed by atoms with Gasteiger partial charge in [0, 0.05) is 5.54 Å². The van der Waals surface area contributed by atoms with Crippen LogP contribution in [-0.2, 0) is 4.79 Å². The van der Waals surface area contributed by atoms with E-state index in [1.165, 1.54) is 0 Å². The summed E-state index contributed by atoms with van der Waals surface area (Å²) in [6.07, 6.45) is 0. The smallest absolute Gasteiger partial charge is 0.161 e. The fourth-order valence-electron chi connectivity index (χ4n) is 0.562. The minimum Gasteiger partial charge on any atom is -0.305 e. The summed E-state index contributed by atoms with van der Waals surface area (Å²) in [6, 6.07) is 0. The molecule has 0 aliphatic carbocycles. The third kappa shape index (κ3) is 5.61. The average Bonchev–Trinajstić information content (AvgIpc) is 1.78. The Morgan fingerprint density at radius 1 is 1.25 bits per heavy atom. The van der Waals surface area contributed by atoms with Crippen LogP contribution in [0.4, 0.5) is 0 Å². The van der Waals surface area contributed by atoms with Gasteiger partial charge in [-0.1, -0.05) is 0 Å². The highest BCUT2D eigenvalue weighted by Gasteiger charge is 2.23. The van der Waals surface area contributed by atoms with Crippen molar-refractivity contribution in [3.63, 3.8) is 0 Å². The molecule has 0 aliphatic heterocycles. The van der Waals surface area contributed by atoms with Crippen molar-refractivity contribution in [1.82, 2.24) is 5.32 Å². The maximum Gasteiger partial charge on any atom is 0.161 e. The third-order valence-electron chi connectivity index (χ3n) is 1.46. The lowest BCUT2D eigenvalue weighted by molar-refractivity contribution is -0.120. The molecule has 0 saturated heterocycles. The van der Waals surface area contributed by atoms with Crippen LogP contribution in [0.5, 0.6) is 0 Å². The average molecular weight is 189 g/mol. The fourth-order valence-corrected chi connectivity index (χ4v) is 0.641. The van der Waals surface area contributed by atoms with Crippen LogP contribution in [0, 0.1) is 0 Å². The van der Waals surface area contributed by atoms with E-state index in [4.69, 9.17) is 0 Å². The molecule has 0 saturated carbocycles. The molecule has 0 fully saturated rings. The van der Waals surface area contributed by atoms with Crippen LogP contribution < -0.4 is 5.32 Å². The Balaban J connectivity index is 3.90. The molecule has 0 amide bonds. The van der Waals surface area contributed by atoms with Gasteiger partial charge in [0.2, 0.25) is 0 Å². The summed E-state index contributed by atoms with van der Waals surface area (Å²) < 4.78 is -0.530. The molecule has 0 aliphatic rings. The second kappa shape index (κ2) is 3.79. The predicted molar refractivity (Wildman–Crippen MR) is 55.8 cm³/mol. The number of nitrogens with one attached hydrogen (secondary N) is 1. The molecule has 0 spiro atoms. The van der Waals surface area contributed by atoms with Gasteiger partial charge < -0.3 is 5.32 Å². The van der Waals surface area contributed by atoms with Crippen molar-refractivity contribution in [1.29, 1.82) is 0 Å². The van der Waals surface area contributed by atoms with Crippen LogP contribution in [0.3, 0.4) is 0 Å². The maximum absolute atomic E-state index is 11.4. The van der Waals surface area contributed by atoms with E-state index in [9.17, 15) is 4.79 Å². The maximum atomic E-state index is 11.4. The molecule has 0 aromatic carbocycles. The Kier molecular flexibility index (Phi) is 3.79. The molecular formula is C9H19NOS. The number of thiol groups is 1. The summed E-state index contributed by atoms with van der Waals surface area (Å²) in [6.45, 7) is 10.1. The summed E-state index contributed by atoms with van der Waals surface area (Å²) in [5.74, 6) is 0.126. The molecular weight excluding hydrogens is 170 g/mol. The number of carbonyl (C=O) groups excluding carboxylic acids is 1. The van der Waals surface area contributed by atoms with E-state index in [1.807, 2.05) is 34.6 Å². The molecule has 0 rings (SSSR count). The molecule has 0 aromatic rings. The van der Waals surface area contributed by atoms with E-state index >= 15 is 0 Å². The standard InChI is InChI=1S/C9H19NOS/c1-8(2,3)10-6-7(11)9(4,5)12/h10,12H,6H2,1-5H3. The van der Waals surface area contributed by atoms with Crippen LogP contribution in [0.2, 0.25) is 0 Å². The minimum absolute atomic E-state index is 0.00527. The summed E-state index contributed by atoms with van der Waals surface area (Å²) in [4.78, 5) is 11.4. The second-order valence-corrected chi connectivity index (χ2v) is 5.70. The van der Waals surface area contributed by atoms with Crippen molar-refractivity contribution >= 4 is 18.4 Å². The molecule has 0 unspecified atom stereocenters. The van der Waals surface area contributed by atoms with E-state index in [1.54, 1.807) is 0 Å². The number of Topliss-reactive ketones (excluding diaryl/α,β-unsaturated/α-hetero) is 1. The molecule has 3 heteroatoms. The Morgan fingerprint density at radius 3 is 1.92 bits per heavy atom. The van der Waals surface area contributed by atoms with Gasteiger partial charge in [-0.25, -0.2) is 0 Å². The lowest BCUT2D eigenvalue weighted by Crippen LogP contribution is -2.43. The number of carbonyl (C=O) groups is 1. The van der Waals surface area contributed by atoms with E-state index in [0.717, 1.165) is 0 Å². The first kappa shape index (κ1) is 12.0. The van der Waals surface area contributed by atoms with E-state index in [-0.39, 0.29) is 11.3 Å². The number of hydrogen-bond acceptors (Lipinski definition) is 3. The molecule has 0 radical (unpaired) electrons. The van der Waals surface area contributed by atoms with Crippen molar-refractivity contribution in [2.75, 3.05) is 6.54 Å². The lowest BCUT2D eigenvalue weighted by Gasteiger charge is -2.23. The van der Waals surface area contributed by atoms with Gasteiger partial charge in [-0.2, -0.15) is 12.6 Å². The monoisotopic (exact) mass is 189 g/mol. The molecule has 12 heavy (non-hydrogen) atoms. The largest absolute Gasteiger partial charge is 0.305 e. The minimum atomic E-state index is -0.530. The van der Waals surface area contributed by atoms with Crippen molar-refractivity contribution in [3.05, 3.63) is 0 Å². The summed E-state index contributed by atoms with van der Waals surface area (Å²) >= 11 is 4.19. The molecule has 72 valence electrons. The van der Waals surface area contributed by atoms with Gasteiger partial charge in [0.25, 0.3) is 0 Å².